The molecule has 5 heteroatoms. The van der Waals surface area contributed by atoms with Gasteiger partial charge in [-0.25, -0.2) is 0 Å². The van der Waals surface area contributed by atoms with E-state index < -0.39 is 11.8 Å². The van der Waals surface area contributed by atoms with Crippen molar-refractivity contribution < 1.29 is 9.59 Å². The summed E-state index contributed by atoms with van der Waals surface area (Å²) in [6.45, 7) is 0. The quantitative estimate of drug-likeness (QED) is 0.494. The Kier molecular flexibility index (Phi) is 2.90. The van der Waals surface area contributed by atoms with Crippen LogP contribution in [-0.4, -0.2) is 11.8 Å². The van der Waals surface area contributed by atoms with Crippen molar-refractivity contribution in [1.82, 2.24) is 5.32 Å². The third-order valence-corrected chi connectivity index (χ3v) is 1.12. The van der Waals surface area contributed by atoms with Crippen LogP contribution in [0.1, 0.15) is 6.42 Å². The molecule has 0 aromatic rings. The van der Waals surface area contributed by atoms with E-state index in [1.54, 1.807) is 6.07 Å². The number of carbonyl (C=O) groups is 2. The van der Waals surface area contributed by atoms with Crippen molar-refractivity contribution in [2.24, 2.45) is 5.92 Å². The molecule has 2 amide bonds. The highest BCUT2D eigenvalue weighted by Gasteiger charge is 2.29. The zero-order chi connectivity index (χ0) is 6.85. The SMILES string of the molecule is N#CC1CC(=O)NC1=O.[S]. The summed E-state index contributed by atoms with van der Waals surface area (Å²) in [5, 5.41) is 10.2. The van der Waals surface area contributed by atoms with Crippen LogP contribution in [0, 0.1) is 17.2 Å². The van der Waals surface area contributed by atoms with E-state index in [9.17, 15) is 9.59 Å². The number of hydrogen-bond acceptors (Lipinski definition) is 3. The highest BCUT2D eigenvalue weighted by atomic mass is 32.1. The molecule has 0 spiro atoms. The Morgan fingerprint density at radius 2 is 2.20 bits per heavy atom. The van der Waals surface area contributed by atoms with Gasteiger partial charge < -0.3 is 0 Å². The molecular weight excluding hydrogens is 152 g/mol. The number of hydrogen-bond donors (Lipinski definition) is 1. The summed E-state index contributed by atoms with van der Waals surface area (Å²) >= 11 is 0. The van der Waals surface area contributed by atoms with E-state index in [2.05, 4.69) is 0 Å². The van der Waals surface area contributed by atoms with Crippen LogP contribution in [0.15, 0.2) is 0 Å². The molecule has 4 nitrogen and oxygen atoms in total. The van der Waals surface area contributed by atoms with Gasteiger partial charge >= 0.3 is 0 Å². The number of amides is 2. The second-order valence-electron chi connectivity index (χ2n) is 1.80. The van der Waals surface area contributed by atoms with Gasteiger partial charge in [0.05, 0.1) is 12.5 Å². The van der Waals surface area contributed by atoms with Gasteiger partial charge in [-0.15, -0.1) is 0 Å². The van der Waals surface area contributed by atoms with Crippen LogP contribution < -0.4 is 5.32 Å². The Balaban J connectivity index is 0.000000810. The lowest BCUT2D eigenvalue weighted by Gasteiger charge is -1.85. The van der Waals surface area contributed by atoms with Crippen molar-refractivity contribution in [3.8, 4) is 6.07 Å². The van der Waals surface area contributed by atoms with Crippen LogP contribution in [0.2, 0.25) is 0 Å². The number of nitrogens with zero attached hydrogens (tertiary/aromatic N) is 1. The maximum atomic E-state index is 10.5. The third-order valence-electron chi connectivity index (χ3n) is 1.12. The summed E-state index contributed by atoms with van der Waals surface area (Å²) < 4.78 is 0. The molecule has 1 aliphatic rings. The molecule has 2 radical (unpaired) electrons. The van der Waals surface area contributed by atoms with Gasteiger partial charge in [-0.2, -0.15) is 5.26 Å². The molecule has 0 aliphatic carbocycles. The minimum absolute atomic E-state index is 0. The van der Waals surface area contributed by atoms with E-state index in [0.717, 1.165) is 0 Å². The van der Waals surface area contributed by atoms with E-state index >= 15 is 0 Å². The summed E-state index contributed by atoms with van der Waals surface area (Å²) in [5.74, 6) is -1.58. The van der Waals surface area contributed by atoms with Crippen molar-refractivity contribution in [3.05, 3.63) is 0 Å². The molecule has 0 saturated carbocycles. The van der Waals surface area contributed by atoms with E-state index in [1.807, 2.05) is 5.32 Å². The Morgan fingerprint density at radius 1 is 1.60 bits per heavy atom. The fourth-order valence-electron chi connectivity index (χ4n) is 0.658. The second kappa shape index (κ2) is 3.22. The van der Waals surface area contributed by atoms with Gasteiger partial charge in [0.25, 0.3) is 0 Å². The molecule has 52 valence electrons. The topological polar surface area (TPSA) is 70.0 Å². The lowest BCUT2D eigenvalue weighted by atomic mass is 10.1. The first-order valence-corrected chi connectivity index (χ1v) is 2.47. The molecule has 1 unspecified atom stereocenters. The molecule has 0 aromatic carbocycles. The maximum absolute atomic E-state index is 10.5. The fraction of sp³-hybridized carbons (Fsp3) is 0.400. The average Bonchev–Trinajstić information content (AvgIpc) is 2.10. The predicted molar refractivity (Wildman–Crippen MR) is 34.5 cm³/mol. The van der Waals surface area contributed by atoms with E-state index in [4.69, 9.17) is 5.26 Å². The predicted octanol–water partition coefficient (Wildman–Crippen LogP) is -0.179. The van der Waals surface area contributed by atoms with Gasteiger partial charge in [0.2, 0.25) is 11.8 Å². The molecule has 10 heavy (non-hydrogen) atoms. The highest BCUT2D eigenvalue weighted by molar-refractivity contribution is 7.59. The van der Waals surface area contributed by atoms with Crippen molar-refractivity contribution in [2.45, 2.75) is 6.42 Å². The van der Waals surface area contributed by atoms with Crippen LogP contribution in [0.25, 0.3) is 0 Å². The molecule has 1 heterocycles. The molecule has 1 fully saturated rings. The lowest BCUT2D eigenvalue weighted by Crippen LogP contribution is -2.21. The van der Waals surface area contributed by atoms with Crippen molar-refractivity contribution in [2.75, 3.05) is 0 Å². The van der Waals surface area contributed by atoms with Crippen LogP contribution >= 0.6 is 13.5 Å². The van der Waals surface area contributed by atoms with E-state index in [-0.39, 0.29) is 25.8 Å². The minimum atomic E-state index is -0.752. The number of nitriles is 1. The maximum Gasteiger partial charge on any atom is 0.244 e. The summed E-state index contributed by atoms with van der Waals surface area (Å²) in [4.78, 5) is 20.8. The summed E-state index contributed by atoms with van der Waals surface area (Å²) in [5.41, 5.74) is 0. The number of carbonyl (C=O) groups excluding carboxylic acids is 2. The standard InChI is InChI=1S/C5H4N2O2.S/c6-2-3-1-4(8)7-5(3)9;/h3H,1H2,(H,7,8,9);. The van der Waals surface area contributed by atoms with Gasteiger partial charge in [0.1, 0.15) is 5.92 Å². The molecule has 1 N–H and O–H groups in total. The lowest BCUT2D eigenvalue weighted by molar-refractivity contribution is -0.125. The average molecular weight is 156 g/mol. The van der Waals surface area contributed by atoms with Crippen molar-refractivity contribution in [3.63, 3.8) is 0 Å². The first-order chi connectivity index (χ1) is 4.24. The normalized spacial score (nSPS) is 22.9. The summed E-state index contributed by atoms with van der Waals surface area (Å²) in [6, 6.07) is 1.71. The molecule has 1 aliphatic heterocycles. The third kappa shape index (κ3) is 1.48. The van der Waals surface area contributed by atoms with Crippen molar-refractivity contribution in [1.29, 1.82) is 5.26 Å². The van der Waals surface area contributed by atoms with Crippen LogP contribution in [-0.2, 0) is 9.59 Å². The summed E-state index contributed by atoms with van der Waals surface area (Å²) in [7, 11) is 0. The molecule has 1 saturated heterocycles. The Morgan fingerprint density at radius 3 is 2.40 bits per heavy atom. The van der Waals surface area contributed by atoms with Crippen LogP contribution in [0.4, 0.5) is 0 Å². The number of rotatable bonds is 0. The van der Waals surface area contributed by atoms with Crippen LogP contribution in [0.5, 0.6) is 0 Å². The molecule has 0 bridgehead atoms. The molecule has 0 aromatic heterocycles. The van der Waals surface area contributed by atoms with Gasteiger partial charge in [-0.1, -0.05) is 0 Å². The largest absolute Gasteiger partial charge is 0.295 e. The summed E-state index contributed by atoms with van der Waals surface area (Å²) in [6.07, 6.45) is 0.0231. The van der Waals surface area contributed by atoms with Crippen LogP contribution in [0.3, 0.4) is 0 Å². The Hall–Kier alpha value is -1.02. The first kappa shape index (κ1) is 8.98. The highest BCUT2D eigenvalue weighted by Crippen LogP contribution is 2.07. The molecule has 1 rings (SSSR count). The van der Waals surface area contributed by atoms with Gasteiger partial charge in [-0.05, 0) is 0 Å². The molecular formula is C5H4N2O2S. The first-order valence-electron chi connectivity index (χ1n) is 2.47. The van der Waals surface area contributed by atoms with Gasteiger partial charge in [0.15, 0.2) is 0 Å². The Bertz CT molecular complexity index is 208. The second-order valence-corrected chi connectivity index (χ2v) is 1.80. The fourth-order valence-corrected chi connectivity index (χ4v) is 0.658. The van der Waals surface area contributed by atoms with Gasteiger partial charge in [-0.3, -0.25) is 14.9 Å². The number of nitrogens with one attached hydrogen (secondary N) is 1. The zero-order valence-corrected chi connectivity index (χ0v) is 5.77. The zero-order valence-electron chi connectivity index (χ0n) is 4.96. The number of imide groups is 1. The molecule has 1 atom stereocenters. The van der Waals surface area contributed by atoms with E-state index in [1.165, 1.54) is 0 Å². The monoisotopic (exact) mass is 156 g/mol. The van der Waals surface area contributed by atoms with Crippen molar-refractivity contribution >= 4 is 25.3 Å². The minimum Gasteiger partial charge on any atom is -0.295 e. The smallest absolute Gasteiger partial charge is 0.244 e. The van der Waals surface area contributed by atoms with E-state index in [0.29, 0.717) is 0 Å². The Labute approximate surface area is 64.7 Å². The van der Waals surface area contributed by atoms with Gasteiger partial charge in [0, 0.05) is 13.5 Å².